The second kappa shape index (κ2) is 8.73. The predicted octanol–water partition coefficient (Wildman–Crippen LogP) is 3.97. The number of thiophene rings is 1. The topological polar surface area (TPSA) is 78.4 Å². The van der Waals surface area contributed by atoms with Crippen LogP contribution in [0.15, 0.2) is 34.8 Å². The highest BCUT2D eigenvalue weighted by molar-refractivity contribution is 9.10. The molecule has 0 spiro atoms. The molecule has 3 N–H and O–H groups in total. The largest absolute Gasteiger partial charge is 0.378 e. The molecule has 1 heterocycles. The van der Waals surface area contributed by atoms with E-state index in [9.17, 15) is 14.7 Å². The van der Waals surface area contributed by atoms with Crippen LogP contribution in [0.2, 0.25) is 4.34 Å². The zero-order valence-corrected chi connectivity index (χ0v) is 17.8. The maximum atomic E-state index is 12.3. The fourth-order valence-electron chi connectivity index (χ4n) is 3.18. The maximum absolute atomic E-state index is 12.3. The van der Waals surface area contributed by atoms with Crippen molar-refractivity contribution < 1.29 is 14.7 Å². The van der Waals surface area contributed by atoms with Gasteiger partial charge in [0.15, 0.2) is 6.10 Å². The van der Waals surface area contributed by atoms with Gasteiger partial charge in [-0.15, -0.1) is 11.3 Å². The summed E-state index contributed by atoms with van der Waals surface area (Å²) in [4.78, 5) is 25.2. The van der Waals surface area contributed by atoms with Crippen molar-refractivity contribution >= 4 is 50.7 Å². The molecule has 1 aromatic heterocycles. The van der Waals surface area contributed by atoms with Crippen LogP contribution in [-0.4, -0.2) is 29.0 Å². The maximum Gasteiger partial charge on any atom is 0.261 e. The second-order valence-corrected chi connectivity index (χ2v) is 9.28. The molecule has 1 aliphatic rings. The lowest BCUT2D eigenvalue weighted by atomic mass is 10.1. The molecule has 3 atom stereocenters. The Morgan fingerprint density at radius 3 is 2.59 bits per heavy atom. The molecule has 1 aromatic carbocycles. The number of aryl methyl sites for hydroxylation is 1. The van der Waals surface area contributed by atoms with E-state index in [0.29, 0.717) is 21.2 Å². The van der Waals surface area contributed by atoms with Crippen molar-refractivity contribution in [3.8, 4) is 0 Å². The lowest BCUT2D eigenvalue weighted by Crippen LogP contribution is -2.39. The summed E-state index contributed by atoms with van der Waals surface area (Å²) in [6.45, 7) is 1.87. The van der Waals surface area contributed by atoms with Crippen LogP contribution in [0.3, 0.4) is 0 Å². The van der Waals surface area contributed by atoms with Gasteiger partial charge in [0, 0.05) is 16.6 Å². The lowest BCUT2D eigenvalue weighted by Gasteiger charge is -2.17. The Bertz CT molecular complexity index is 838. The van der Waals surface area contributed by atoms with Gasteiger partial charge < -0.3 is 15.7 Å². The van der Waals surface area contributed by atoms with Crippen molar-refractivity contribution in [1.29, 1.82) is 0 Å². The molecule has 1 unspecified atom stereocenters. The van der Waals surface area contributed by atoms with Crippen LogP contribution < -0.4 is 10.6 Å². The number of hydrogen-bond donors (Lipinski definition) is 3. The molecule has 2 amide bonds. The Kier molecular flexibility index (Phi) is 6.57. The fourth-order valence-corrected chi connectivity index (χ4v) is 4.70. The average molecular weight is 472 g/mol. The van der Waals surface area contributed by atoms with E-state index in [1.807, 2.05) is 13.0 Å². The van der Waals surface area contributed by atoms with Crippen LogP contribution in [-0.2, 0) is 4.79 Å². The van der Waals surface area contributed by atoms with Gasteiger partial charge >= 0.3 is 0 Å². The molecular formula is C19H20BrClN2O3S. The zero-order valence-electron chi connectivity index (χ0n) is 14.7. The quantitative estimate of drug-likeness (QED) is 0.617. The summed E-state index contributed by atoms with van der Waals surface area (Å²) in [5.41, 5.74) is 1.43. The first-order valence-electron chi connectivity index (χ1n) is 8.64. The lowest BCUT2D eigenvalue weighted by molar-refractivity contribution is -0.130. The SMILES string of the molecule is Cc1cc(C(=O)N[C@@H]2CC[C@H](NC(=O)C(O)c3cccc(Br)c3)C2)sc1Cl. The molecular weight excluding hydrogens is 452 g/mol. The Balaban J connectivity index is 1.52. The highest BCUT2D eigenvalue weighted by atomic mass is 79.9. The number of benzene rings is 1. The van der Waals surface area contributed by atoms with E-state index in [2.05, 4.69) is 26.6 Å². The summed E-state index contributed by atoms with van der Waals surface area (Å²) in [6, 6.07) is 8.74. The minimum absolute atomic E-state index is 0.00741. The summed E-state index contributed by atoms with van der Waals surface area (Å²) < 4.78 is 1.43. The molecule has 27 heavy (non-hydrogen) atoms. The van der Waals surface area contributed by atoms with Crippen molar-refractivity contribution in [1.82, 2.24) is 10.6 Å². The van der Waals surface area contributed by atoms with Crippen LogP contribution in [0.25, 0.3) is 0 Å². The van der Waals surface area contributed by atoms with E-state index < -0.39 is 12.0 Å². The van der Waals surface area contributed by atoms with E-state index in [4.69, 9.17) is 11.6 Å². The smallest absolute Gasteiger partial charge is 0.261 e. The standard InChI is InChI=1S/C19H20BrClN2O3S/c1-10-7-15(27-17(10)21)18(25)22-13-5-6-14(9-13)23-19(26)16(24)11-3-2-4-12(20)8-11/h2-4,7-8,13-14,16,24H,5-6,9H2,1H3,(H,22,25)(H,23,26)/t13-,14+,16?/m1/s1. The van der Waals surface area contributed by atoms with Gasteiger partial charge in [0.1, 0.15) is 0 Å². The summed E-state index contributed by atoms with van der Waals surface area (Å²) >= 11 is 10.6. The molecule has 0 bridgehead atoms. The van der Waals surface area contributed by atoms with Crippen molar-refractivity contribution in [2.45, 2.75) is 44.4 Å². The van der Waals surface area contributed by atoms with Gasteiger partial charge in [0.25, 0.3) is 11.8 Å². The molecule has 5 nitrogen and oxygen atoms in total. The third-order valence-electron chi connectivity index (χ3n) is 4.61. The second-order valence-electron chi connectivity index (χ2n) is 6.71. The number of nitrogens with one attached hydrogen (secondary N) is 2. The number of halogens is 2. The van der Waals surface area contributed by atoms with Crippen LogP contribution >= 0.6 is 38.9 Å². The van der Waals surface area contributed by atoms with E-state index in [-0.39, 0.29) is 18.0 Å². The molecule has 1 saturated carbocycles. The summed E-state index contributed by atoms with van der Waals surface area (Å²) in [5.74, 6) is -0.563. The Morgan fingerprint density at radius 2 is 1.96 bits per heavy atom. The van der Waals surface area contributed by atoms with Gasteiger partial charge in [-0.25, -0.2) is 0 Å². The minimum atomic E-state index is -1.22. The van der Waals surface area contributed by atoms with E-state index >= 15 is 0 Å². The van der Waals surface area contributed by atoms with Gasteiger partial charge in [-0.05, 0) is 55.5 Å². The van der Waals surface area contributed by atoms with Crippen LogP contribution in [0.5, 0.6) is 0 Å². The zero-order chi connectivity index (χ0) is 19.6. The van der Waals surface area contributed by atoms with Crippen LogP contribution in [0.4, 0.5) is 0 Å². The third-order valence-corrected chi connectivity index (χ3v) is 6.66. The molecule has 0 saturated heterocycles. The molecule has 0 aliphatic heterocycles. The van der Waals surface area contributed by atoms with Gasteiger partial charge in [0.2, 0.25) is 0 Å². The summed E-state index contributed by atoms with van der Waals surface area (Å²) in [5, 5.41) is 16.1. The number of amides is 2. The molecule has 144 valence electrons. The van der Waals surface area contributed by atoms with Crippen molar-refractivity contribution in [3.05, 3.63) is 55.1 Å². The van der Waals surface area contributed by atoms with E-state index in [0.717, 1.165) is 22.9 Å². The monoisotopic (exact) mass is 470 g/mol. The normalized spacial score (nSPS) is 20.3. The van der Waals surface area contributed by atoms with Gasteiger partial charge in [-0.3, -0.25) is 9.59 Å². The molecule has 2 aromatic rings. The first-order valence-corrected chi connectivity index (χ1v) is 10.6. The van der Waals surface area contributed by atoms with Crippen LogP contribution in [0, 0.1) is 6.92 Å². The third kappa shape index (κ3) is 5.10. The van der Waals surface area contributed by atoms with Gasteiger partial charge in [0.05, 0.1) is 9.21 Å². The number of rotatable bonds is 5. The van der Waals surface area contributed by atoms with Crippen molar-refractivity contribution in [2.24, 2.45) is 0 Å². The molecule has 1 aliphatic carbocycles. The van der Waals surface area contributed by atoms with E-state index in [1.165, 1.54) is 11.3 Å². The molecule has 0 radical (unpaired) electrons. The average Bonchev–Trinajstić information content (AvgIpc) is 3.20. The molecule has 1 fully saturated rings. The molecule has 3 rings (SSSR count). The first kappa shape index (κ1) is 20.3. The Morgan fingerprint density at radius 1 is 1.26 bits per heavy atom. The minimum Gasteiger partial charge on any atom is -0.378 e. The highest BCUT2D eigenvalue weighted by Gasteiger charge is 2.29. The molecule has 8 heteroatoms. The summed E-state index contributed by atoms with van der Waals surface area (Å²) in [7, 11) is 0. The Labute approximate surface area is 175 Å². The van der Waals surface area contributed by atoms with Crippen LogP contribution in [0.1, 0.15) is 46.2 Å². The highest BCUT2D eigenvalue weighted by Crippen LogP contribution is 2.28. The van der Waals surface area contributed by atoms with Crippen molar-refractivity contribution in [2.75, 3.05) is 0 Å². The number of carbonyl (C=O) groups is 2. The van der Waals surface area contributed by atoms with Gasteiger partial charge in [-0.1, -0.05) is 39.7 Å². The van der Waals surface area contributed by atoms with Gasteiger partial charge in [-0.2, -0.15) is 0 Å². The number of aliphatic hydroxyl groups is 1. The number of aliphatic hydroxyl groups excluding tert-OH is 1. The Hall–Kier alpha value is -1.41. The van der Waals surface area contributed by atoms with Crippen molar-refractivity contribution in [3.63, 3.8) is 0 Å². The first-order chi connectivity index (χ1) is 12.8. The predicted molar refractivity (Wildman–Crippen MR) is 110 cm³/mol. The van der Waals surface area contributed by atoms with E-state index in [1.54, 1.807) is 24.3 Å². The number of carbonyl (C=O) groups excluding carboxylic acids is 2. The fraction of sp³-hybridized carbons (Fsp3) is 0.368. The number of hydrogen-bond acceptors (Lipinski definition) is 4. The summed E-state index contributed by atoms with van der Waals surface area (Å²) in [6.07, 6.45) is 0.960.